The van der Waals surface area contributed by atoms with Gasteiger partial charge in [0.15, 0.2) is 0 Å². The summed E-state index contributed by atoms with van der Waals surface area (Å²) < 4.78 is 17.6. The summed E-state index contributed by atoms with van der Waals surface area (Å²) in [6.07, 6.45) is 3.42. The van der Waals surface area contributed by atoms with Crippen molar-refractivity contribution in [2.75, 3.05) is 5.32 Å². The number of amides is 1. The van der Waals surface area contributed by atoms with E-state index in [4.69, 9.17) is 0 Å². The van der Waals surface area contributed by atoms with Crippen molar-refractivity contribution >= 4 is 11.7 Å². The van der Waals surface area contributed by atoms with E-state index >= 15 is 0 Å². The molecule has 0 atom stereocenters. The van der Waals surface area contributed by atoms with E-state index in [1.54, 1.807) is 23.1 Å². The van der Waals surface area contributed by atoms with Crippen LogP contribution in [0.2, 0.25) is 0 Å². The summed E-state index contributed by atoms with van der Waals surface area (Å²) in [5.74, 6) is -0.240. The van der Waals surface area contributed by atoms with Gasteiger partial charge < -0.3 is 5.32 Å². The molecule has 1 N–H and O–H groups in total. The standard InChI is InChI=1S/C22H21FN6O/c1-14-10-16(3)29(27-14)20-12-18(4-5-19(20)23)22(30)25-21-11-15(2)26-28(21)13-17-6-8-24-9-7-17/h4-12H,13H2,1-3H3,(H,25,30). The van der Waals surface area contributed by atoms with E-state index in [0.717, 1.165) is 22.6 Å². The molecule has 0 unspecified atom stereocenters. The van der Waals surface area contributed by atoms with Crippen LogP contribution in [0.15, 0.2) is 54.9 Å². The third-order valence-corrected chi connectivity index (χ3v) is 4.67. The van der Waals surface area contributed by atoms with Crippen molar-refractivity contribution in [2.24, 2.45) is 0 Å². The predicted octanol–water partition coefficient (Wildman–Crippen LogP) is 3.83. The lowest BCUT2D eigenvalue weighted by Crippen LogP contribution is -2.17. The van der Waals surface area contributed by atoms with Crippen LogP contribution >= 0.6 is 0 Å². The molecule has 0 saturated heterocycles. The van der Waals surface area contributed by atoms with Crippen LogP contribution in [0.4, 0.5) is 10.2 Å². The SMILES string of the molecule is Cc1cc(NC(=O)c2ccc(F)c(-n3nc(C)cc3C)c2)n(Cc2ccncc2)n1. The van der Waals surface area contributed by atoms with Gasteiger partial charge in [-0.3, -0.25) is 9.78 Å². The maximum absolute atomic E-state index is 14.4. The van der Waals surface area contributed by atoms with Gasteiger partial charge >= 0.3 is 0 Å². The molecule has 0 radical (unpaired) electrons. The molecule has 0 fully saturated rings. The van der Waals surface area contributed by atoms with Crippen LogP contribution in [0.25, 0.3) is 5.69 Å². The number of carbonyl (C=O) groups is 1. The van der Waals surface area contributed by atoms with Crippen LogP contribution in [-0.4, -0.2) is 30.5 Å². The third kappa shape index (κ3) is 3.98. The van der Waals surface area contributed by atoms with Gasteiger partial charge in [0.2, 0.25) is 0 Å². The minimum Gasteiger partial charge on any atom is -0.307 e. The molecule has 1 aromatic carbocycles. The molecule has 0 aliphatic rings. The van der Waals surface area contributed by atoms with Crippen molar-refractivity contribution in [3.8, 4) is 5.69 Å². The van der Waals surface area contributed by atoms with Crippen molar-refractivity contribution in [3.63, 3.8) is 0 Å². The first-order valence-corrected chi connectivity index (χ1v) is 9.48. The van der Waals surface area contributed by atoms with E-state index in [2.05, 4.69) is 20.5 Å². The molecule has 0 spiro atoms. The average molecular weight is 404 g/mol. The highest BCUT2D eigenvalue weighted by atomic mass is 19.1. The molecule has 0 saturated carbocycles. The lowest BCUT2D eigenvalue weighted by Gasteiger charge is -2.11. The van der Waals surface area contributed by atoms with Crippen molar-refractivity contribution in [1.82, 2.24) is 24.5 Å². The van der Waals surface area contributed by atoms with Gasteiger partial charge in [-0.1, -0.05) is 0 Å². The number of aromatic nitrogens is 5. The molecule has 152 valence electrons. The molecule has 7 nitrogen and oxygen atoms in total. The van der Waals surface area contributed by atoms with Crippen LogP contribution in [0.5, 0.6) is 0 Å². The highest BCUT2D eigenvalue weighted by Crippen LogP contribution is 2.20. The van der Waals surface area contributed by atoms with Gasteiger partial charge in [-0.05, 0) is 62.7 Å². The summed E-state index contributed by atoms with van der Waals surface area (Å²) in [5.41, 5.74) is 3.91. The van der Waals surface area contributed by atoms with Gasteiger partial charge in [0.25, 0.3) is 5.91 Å². The van der Waals surface area contributed by atoms with Gasteiger partial charge in [-0.15, -0.1) is 0 Å². The quantitative estimate of drug-likeness (QED) is 0.548. The van der Waals surface area contributed by atoms with E-state index in [0.29, 0.717) is 17.9 Å². The number of nitrogens with zero attached hydrogens (tertiary/aromatic N) is 5. The summed E-state index contributed by atoms with van der Waals surface area (Å²) in [5, 5.41) is 11.6. The van der Waals surface area contributed by atoms with Crippen LogP contribution in [0.3, 0.4) is 0 Å². The number of benzene rings is 1. The molecule has 1 amide bonds. The number of anilines is 1. The first-order chi connectivity index (χ1) is 14.4. The zero-order chi connectivity index (χ0) is 21.3. The second-order valence-electron chi connectivity index (χ2n) is 7.14. The highest BCUT2D eigenvalue weighted by molar-refractivity contribution is 6.04. The summed E-state index contributed by atoms with van der Waals surface area (Å²) in [4.78, 5) is 16.9. The Hall–Kier alpha value is -3.81. The predicted molar refractivity (Wildman–Crippen MR) is 111 cm³/mol. The number of pyridine rings is 1. The van der Waals surface area contributed by atoms with E-state index in [1.165, 1.54) is 22.9 Å². The molecule has 30 heavy (non-hydrogen) atoms. The van der Waals surface area contributed by atoms with Crippen LogP contribution in [-0.2, 0) is 6.54 Å². The molecule has 4 rings (SSSR count). The Morgan fingerprint density at radius 2 is 1.73 bits per heavy atom. The maximum Gasteiger partial charge on any atom is 0.256 e. The second-order valence-corrected chi connectivity index (χ2v) is 7.14. The van der Waals surface area contributed by atoms with Gasteiger partial charge in [0.05, 0.1) is 17.9 Å². The monoisotopic (exact) mass is 404 g/mol. The third-order valence-electron chi connectivity index (χ3n) is 4.67. The molecular formula is C22H21FN6O. The highest BCUT2D eigenvalue weighted by Gasteiger charge is 2.16. The number of aryl methyl sites for hydroxylation is 3. The van der Waals surface area contributed by atoms with Crippen LogP contribution < -0.4 is 5.32 Å². The Morgan fingerprint density at radius 1 is 1.00 bits per heavy atom. The first kappa shape index (κ1) is 19.5. The smallest absolute Gasteiger partial charge is 0.256 e. The minimum atomic E-state index is -0.448. The Bertz CT molecular complexity index is 1210. The van der Waals surface area contributed by atoms with E-state index in [9.17, 15) is 9.18 Å². The summed E-state index contributed by atoms with van der Waals surface area (Å²) in [6, 6.07) is 11.7. The van der Waals surface area contributed by atoms with E-state index in [1.807, 2.05) is 39.0 Å². The topological polar surface area (TPSA) is 77.6 Å². The molecule has 0 aliphatic heterocycles. The zero-order valence-corrected chi connectivity index (χ0v) is 16.9. The Labute approximate surface area is 173 Å². The maximum atomic E-state index is 14.4. The lowest BCUT2D eigenvalue weighted by atomic mass is 10.1. The number of halogens is 1. The fourth-order valence-electron chi connectivity index (χ4n) is 3.31. The number of rotatable bonds is 5. The van der Waals surface area contributed by atoms with Crippen LogP contribution in [0, 0.1) is 26.6 Å². The fourth-order valence-corrected chi connectivity index (χ4v) is 3.31. The van der Waals surface area contributed by atoms with Crippen LogP contribution in [0.1, 0.15) is 33.0 Å². The van der Waals surface area contributed by atoms with E-state index < -0.39 is 5.82 Å². The number of carbonyl (C=O) groups excluding carboxylic acids is 1. The largest absolute Gasteiger partial charge is 0.307 e. The Morgan fingerprint density at radius 3 is 2.43 bits per heavy atom. The number of hydrogen-bond acceptors (Lipinski definition) is 4. The van der Waals surface area contributed by atoms with Crippen molar-refractivity contribution in [1.29, 1.82) is 0 Å². The van der Waals surface area contributed by atoms with Gasteiger partial charge in [0.1, 0.15) is 17.3 Å². The summed E-state index contributed by atoms with van der Waals surface area (Å²) >= 11 is 0. The van der Waals surface area contributed by atoms with Gasteiger partial charge in [-0.25, -0.2) is 13.8 Å². The molecule has 3 aromatic heterocycles. The van der Waals surface area contributed by atoms with Crippen molar-refractivity contribution in [2.45, 2.75) is 27.3 Å². The van der Waals surface area contributed by atoms with Gasteiger partial charge in [-0.2, -0.15) is 10.2 Å². The summed E-state index contributed by atoms with van der Waals surface area (Å²) in [6.45, 7) is 6.03. The molecule has 8 heteroatoms. The minimum absolute atomic E-state index is 0.231. The number of hydrogen-bond donors (Lipinski definition) is 1. The molecule has 3 heterocycles. The molecule has 0 bridgehead atoms. The Balaban J connectivity index is 1.61. The van der Waals surface area contributed by atoms with Crippen molar-refractivity contribution < 1.29 is 9.18 Å². The fraction of sp³-hybridized carbons (Fsp3) is 0.182. The Kier molecular flexibility index (Phi) is 5.14. The zero-order valence-electron chi connectivity index (χ0n) is 16.9. The number of nitrogens with one attached hydrogen (secondary N) is 1. The molecule has 0 aliphatic carbocycles. The average Bonchev–Trinajstić information content (AvgIpc) is 3.23. The van der Waals surface area contributed by atoms with Gasteiger partial charge in [0, 0.05) is 29.7 Å². The normalized spacial score (nSPS) is 10.9. The van der Waals surface area contributed by atoms with Crippen molar-refractivity contribution in [3.05, 3.63) is 88.9 Å². The molecule has 4 aromatic rings. The summed E-state index contributed by atoms with van der Waals surface area (Å²) in [7, 11) is 0. The lowest BCUT2D eigenvalue weighted by molar-refractivity contribution is 0.102. The van der Waals surface area contributed by atoms with E-state index in [-0.39, 0.29) is 11.6 Å². The molecular weight excluding hydrogens is 383 g/mol. The first-order valence-electron chi connectivity index (χ1n) is 9.48. The second kappa shape index (κ2) is 7.90.